The Labute approximate surface area is 125 Å². The highest BCUT2D eigenvalue weighted by atomic mass is 32.1. The fourth-order valence-corrected chi connectivity index (χ4v) is 3.95. The van der Waals surface area contributed by atoms with Gasteiger partial charge in [0.2, 0.25) is 0 Å². The Hall–Kier alpha value is -1.35. The molecule has 0 aliphatic heterocycles. The molecule has 1 heterocycles. The zero-order chi connectivity index (χ0) is 14.1. The number of nitrogens with zero attached hydrogens (tertiary/aromatic N) is 1. The Morgan fingerprint density at radius 3 is 2.40 bits per heavy atom. The molecule has 0 atom stereocenters. The van der Waals surface area contributed by atoms with Crippen molar-refractivity contribution in [2.24, 2.45) is 0 Å². The van der Waals surface area contributed by atoms with Crippen molar-refractivity contribution in [1.29, 1.82) is 0 Å². The Kier molecular flexibility index (Phi) is 3.79. The molecule has 1 aliphatic rings. The average Bonchev–Trinajstić information content (AvgIpc) is 3.08. The maximum Gasteiger partial charge on any atom is 0.114 e. The molecule has 1 aromatic heterocycles. The number of rotatable bonds is 3. The normalized spacial score (nSPS) is 16.1. The minimum atomic E-state index is 0.561. The minimum absolute atomic E-state index is 0.561. The predicted molar refractivity (Wildman–Crippen MR) is 87.3 cm³/mol. The van der Waals surface area contributed by atoms with Gasteiger partial charge in [-0.2, -0.15) is 0 Å². The van der Waals surface area contributed by atoms with Gasteiger partial charge in [0.1, 0.15) is 10.7 Å². The number of hydrogen-bond donors (Lipinski definition) is 1. The fourth-order valence-electron chi connectivity index (χ4n) is 2.93. The van der Waals surface area contributed by atoms with Crippen LogP contribution in [-0.4, -0.2) is 4.98 Å². The first-order valence-electron chi connectivity index (χ1n) is 7.51. The van der Waals surface area contributed by atoms with E-state index in [4.69, 9.17) is 10.7 Å². The lowest BCUT2D eigenvalue weighted by atomic mass is 10.0. The molecule has 1 fully saturated rings. The number of aromatic nitrogens is 1. The maximum atomic E-state index is 6.19. The monoisotopic (exact) mass is 286 g/mol. The molecule has 20 heavy (non-hydrogen) atoms. The highest BCUT2D eigenvalue weighted by Crippen LogP contribution is 2.40. The minimum Gasteiger partial charge on any atom is -0.389 e. The standard InChI is InChI=1S/C17H22N2S/c1-11(2)12-7-9-13(10-8-12)15-16(18)20-17(19-15)14-5-3-4-6-14/h7-11,14H,3-6,18H2,1-2H3. The topological polar surface area (TPSA) is 38.9 Å². The molecule has 2 aromatic rings. The van der Waals surface area contributed by atoms with Crippen LogP contribution in [0, 0.1) is 0 Å². The molecule has 3 rings (SSSR count). The molecule has 106 valence electrons. The average molecular weight is 286 g/mol. The number of thiazole rings is 1. The number of benzene rings is 1. The summed E-state index contributed by atoms with van der Waals surface area (Å²) in [6.45, 7) is 4.43. The molecule has 0 amide bonds. The first-order valence-corrected chi connectivity index (χ1v) is 8.33. The number of hydrogen-bond acceptors (Lipinski definition) is 3. The van der Waals surface area contributed by atoms with Gasteiger partial charge in [0.25, 0.3) is 0 Å². The summed E-state index contributed by atoms with van der Waals surface area (Å²) in [5.74, 6) is 1.21. The molecule has 1 saturated carbocycles. The van der Waals surface area contributed by atoms with E-state index in [1.807, 2.05) is 0 Å². The van der Waals surface area contributed by atoms with Crippen molar-refractivity contribution < 1.29 is 0 Å². The quantitative estimate of drug-likeness (QED) is 0.845. The van der Waals surface area contributed by atoms with Gasteiger partial charge in [-0.15, -0.1) is 11.3 Å². The predicted octanol–water partition coefficient (Wildman–Crippen LogP) is 5.17. The molecule has 0 radical (unpaired) electrons. The second-order valence-electron chi connectivity index (χ2n) is 6.02. The molecular weight excluding hydrogens is 264 g/mol. The number of nitrogens with two attached hydrogens (primary N) is 1. The molecule has 0 bridgehead atoms. The van der Waals surface area contributed by atoms with Crippen molar-refractivity contribution >= 4 is 16.3 Å². The Bertz CT molecular complexity index is 578. The van der Waals surface area contributed by atoms with E-state index in [-0.39, 0.29) is 0 Å². The van der Waals surface area contributed by atoms with Crippen molar-refractivity contribution in [2.75, 3.05) is 5.73 Å². The van der Waals surface area contributed by atoms with Crippen molar-refractivity contribution in [2.45, 2.75) is 51.4 Å². The van der Waals surface area contributed by atoms with E-state index < -0.39 is 0 Å². The zero-order valence-electron chi connectivity index (χ0n) is 12.2. The van der Waals surface area contributed by atoms with Gasteiger partial charge in [0.15, 0.2) is 0 Å². The molecule has 2 nitrogen and oxygen atoms in total. The summed E-state index contributed by atoms with van der Waals surface area (Å²) in [5.41, 5.74) is 9.68. The first kappa shape index (κ1) is 13.6. The van der Waals surface area contributed by atoms with Crippen LogP contribution in [0.3, 0.4) is 0 Å². The molecular formula is C17H22N2S. The van der Waals surface area contributed by atoms with Crippen LogP contribution in [0.15, 0.2) is 24.3 Å². The Morgan fingerprint density at radius 1 is 1.15 bits per heavy atom. The molecule has 0 spiro atoms. The van der Waals surface area contributed by atoms with E-state index in [0.29, 0.717) is 11.8 Å². The van der Waals surface area contributed by atoms with Crippen LogP contribution in [0.4, 0.5) is 5.00 Å². The Balaban J connectivity index is 1.89. The number of nitrogen functional groups attached to an aromatic ring is 1. The largest absolute Gasteiger partial charge is 0.389 e. The molecule has 3 heteroatoms. The number of anilines is 1. The third kappa shape index (κ3) is 2.59. The van der Waals surface area contributed by atoms with Crippen molar-refractivity contribution in [3.8, 4) is 11.3 Å². The third-order valence-corrected chi connectivity index (χ3v) is 5.27. The van der Waals surface area contributed by atoms with Crippen molar-refractivity contribution in [3.05, 3.63) is 34.8 Å². The van der Waals surface area contributed by atoms with E-state index >= 15 is 0 Å². The highest BCUT2D eigenvalue weighted by molar-refractivity contribution is 7.16. The van der Waals surface area contributed by atoms with E-state index in [1.54, 1.807) is 11.3 Å². The Morgan fingerprint density at radius 2 is 1.80 bits per heavy atom. The molecule has 0 saturated heterocycles. The van der Waals surface area contributed by atoms with Gasteiger partial charge in [-0.3, -0.25) is 0 Å². The molecule has 2 N–H and O–H groups in total. The van der Waals surface area contributed by atoms with Gasteiger partial charge in [-0.1, -0.05) is 51.0 Å². The van der Waals surface area contributed by atoms with Crippen LogP contribution >= 0.6 is 11.3 Å². The van der Waals surface area contributed by atoms with E-state index in [2.05, 4.69) is 38.1 Å². The van der Waals surface area contributed by atoms with Crippen molar-refractivity contribution in [1.82, 2.24) is 4.98 Å². The molecule has 1 aromatic carbocycles. The van der Waals surface area contributed by atoms with Crippen LogP contribution in [0.5, 0.6) is 0 Å². The summed E-state index contributed by atoms with van der Waals surface area (Å²) in [6.07, 6.45) is 5.22. The highest BCUT2D eigenvalue weighted by Gasteiger charge is 2.22. The van der Waals surface area contributed by atoms with Crippen LogP contribution in [0.2, 0.25) is 0 Å². The van der Waals surface area contributed by atoms with Crippen LogP contribution in [-0.2, 0) is 0 Å². The second-order valence-corrected chi connectivity index (χ2v) is 7.09. The van der Waals surface area contributed by atoms with Gasteiger partial charge >= 0.3 is 0 Å². The smallest absolute Gasteiger partial charge is 0.114 e. The lowest BCUT2D eigenvalue weighted by Crippen LogP contribution is -1.92. The summed E-state index contributed by atoms with van der Waals surface area (Å²) < 4.78 is 0. The lowest BCUT2D eigenvalue weighted by Gasteiger charge is -2.06. The fraction of sp³-hybridized carbons (Fsp3) is 0.471. The van der Waals surface area contributed by atoms with E-state index in [1.165, 1.54) is 36.3 Å². The first-order chi connectivity index (χ1) is 9.65. The summed E-state index contributed by atoms with van der Waals surface area (Å²) >= 11 is 1.68. The zero-order valence-corrected chi connectivity index (χ0v) is 13.0. The van der Waals surface area contributed by atoms with E-state index in [0.717, 1.165) is 16.3 Å². The molecule has 0 unspecified atom stereocenters. The van der Waals surface area contributed by atoms with Crippen LogP contribution in [0.25, 0.3) is 11.3 Å². The molecule has 1 aliphatic carbocycles. The van der Waals surface area contributed by atoms with Gasteiger partial charge in [0, 0.05) is 11.5 Å². The SMILES string of the molecule is CC(C)c1ccc(-c2nc(C3CCCC3)sc2N)cc1. The summed E-state index contributed by atoms with van der Waals surface area (Å²) in [6, 6.07) is 8.68. The summed E-state index contributed by atoms with van der Waals surface area (Å²) in [4.78, 5) is 4.83. The van der Waals surface area contributed by atoms with Crippen LogP contribution in [0.1, 0.15) is 61.9 Å². The van der Waals surface area contributed by atoms with Crippen LogP contribution < -0.4 is 5.73 Å². The van der Waals surface area contributed by atoms with Crippen molar-refractivity contribution in [3.63, 3.8) is 0 Å². The van der Waals surface area contributed by atoms with Gasteiger partial charge < -0.3 is 5.73 Å². The van der Waals surface area contributed by atoms with Gasteiger partial charge in [-0.25, -0.2) is 4.98 Å². The van der Waals surface area contributed by atoms with Gasteiger partial charge in [0.05, 0.1) is 5.01 Å². The lowest BCUT2D eigenvalue weighted by molar-refractivity contribution is 0.717. The van der Waals surface area contributed by atoms with Gasteiger partial charge in [-0.05, 0) is 24.3 Å². The third-order valence-electron chi connectivity index (χ3n) is 4.23. The summed E-state index contributed by atoms with van der Waals surface area (Å²) in [7, 11) is 0. The summed E-state index contributed by atoms with van der Waals surface area (Å²) in [5, 5.41) is 2.10. The second kappa shape index (κ2) is 5.57. The van der Waals surface area contributed by atoms with E-state index in [9.17, 15) is 0 Å². The maximum absolute atomic E-state index is 6.19.